The van der Waals surface area contributed by atoms with Crippen LogP contribution in [0.4, 0.5) is 18.9 Å². The second kappa shape index (κ2) is 5.05. The molecule has 1 rings (SSSR count). The molecule has 1 N–H and O–H groups in total. The summed E-state index contributed by atoms with van der Waals surface area (Å²) in [4.78, 5) is 0.305. The number of benzene rings is 1. The van der Waals surface area contributed by atoms with Gasteiger partial charge in [0.25, 0.3) is 0 Å². The van der Waals surface area contributed by atoms with Gasteiger partial charge in [0.15, 0.2) is 0 Å². The number of halogens is 3. The number of hydrogen-bond donors (Lipinski definition) is 1. The minimum atomic E-state index is -4.27. The molecule has 16 heavy (non-hydrogen) atoms. The van der Waals surface area contributed by atoms with Crippen molar-refractivity contribution in [2.75, 3.05) is 5.75 Å². The third kappa shape index (κ3) is 4.01. The molecule has 0 aliphatic carbocycles. The average molecular weight is 252 g/mol. The molecular formula is C9H9F3NO2S-. The van der Waals surface area contributed by atoms with Gasteiger partial charge in [0.2, 0.25) is 0 Å². The summed E-state index contributed by atoms with van der Waals surface area (Å²) in [6.45, 7) is 1.62. The monoisotopic (exact) mass is 252 g/mol. The number of aryl methyl sites for hydroxylation is 1. The molecule has 0 bridgehead atoms. The van der Waals surface area contributed by atoms with E-state index in [1.54, 1.807) is 6.92 Å². The Kier molecular flexibility index (Phi) is 4.20. The lowest BCUT2D eigenvalue weighted by Gasteiger charge is -2.25. The number of quaternary nitrogens is 1. The van der Waals surface area contributed by atoms with Gasteiger partial charge in [-0.25, -0.2) is 0 Å². The highest BCUT2D eigenvalue weighted by Gasteiger charge is 2.27. The number of nitrogens with one attached hydrogen (secondary N) is 1. The van der Waals surface area contributed by atoms with Crippen molar-refractivity contribution in [2.24, 2.45) is 0 Å². The van der Waals surface area contributed by atoms with E-state index in [-0.39, 0.29) is 5.69 Å². The van der Waals surface area contributed by atoms with Gasteiger partial charge in [-0.15, -0.1) is 11.8 Å². The minimum Gasteiger partial charge on any atom is -0.628 e. The summed E-state index contributed by atoms with van der Waals surface area (Å²) in [5.41, 5.74) is 0.495. The molecule has 0 fully saturated rings. The quantitative estimate of drug-likeness (QED) is 0.662. The Morgan fingerprint density at radius 2 is 1.94 bits per heavy atom. The van der Waals surface area contributed by atoms with E-state index in [9.17, 15) is 23.6 Å². The summed E-state index contributed by atoms with van der Waals surface area (Å²) < 4.78 is 35.9. The molecule has 0 saturated heterocycles. The molecular weight excluding hydrogens is 243 g/mol. The van der Waals surface area contributed by atoms with Gasteiger partial charge >= 0.3 is 6.18 Å². The molecule has 1 aromatic rings. The summed E-state index contributed by atoms with van der Waals surface area (Å²) in [6, 6.07) is 3.97. The second-order valence-corrected chi connectivity index (χ2v) is 4.19. The first kappa shape index (κ1) is 13.3. The van der Waals surface area contributed by atoms with Crippen molar-refractivity contribution in [1.82, 2.24) is 0 Å². The molecule has 3 nitrogen and oxygen atoms in total. The minimum absolute atomic E-state index is 0.115. The van der Waals surface area contributed by atoms with Crippen LogP contribution in [0.1, 0.15) is 5.56 Å². The molecule has 0 saturated carbocycles. The van der Waals surface area contributed by atoms with Crippen molar-refractivity contribution in [3.05, 3.63) is 34.2 Å². The van der Waals surface area contributed by atoms with Gasteiger partial charge in [-0.2, -0.15) is 13.2 Å². The van der Waals surface area contributed by atoms with E-state index in [1.165, 1.54) is 18.2 Å². The Morgan fingerprint density at radius 1 is 1.31 bits per heavy atom. The number of rotatable bonds is 3. The van der Waals surface area contributed by atoms with Gasteiger partial charge in [0.05, 0.1) is 5.75 Å². The summed E-state index contributed by atoms with van der Waals surface area (Å²) in [7, 11) is 0. The first-order valence-corrected chi connectivity index (χ1v) is 5.30. The lowest BCUT2D eigenvalue weighted by atomic mass is 10.2. The van der Waals surface area contributed by atoms with Gasteiger partial charge in [0.1, 0.15) is 5.69 Å². The van der Waals surface area contributed by atoms with Crippen molar-refractivity contribution < 1.29 is 18.4 Å². The van der Waals surface area contributed by atoms with E-state index < -0.39 is 17.2 Å². The molecule has 0 spiro atoms. The molecule has 0 unspecified atom stereocenters. The zero-order chi connectivity index (χ0) is 12.3. The highest BCUT2D eigenvalue weighted by atomic mass is 32.2. The Bertz CT molecular complexity index is 368. The molecule has 0 aliphatic heterocycles. The average Bonchev–Trinajstić information content (AvgIpc) is 2.14. The lowest BCUT2D eigenvalue weighted by Crippen LogP contribution is -2.96. The third-order valence-electron chi connectivity index (χ3n) is 1.82. The molecule has 0 aliphatic rings. The third-order valence-corrected chi connectivity index (χ3v) is 3.04. The summed E-state index contributed by atoms with van der Waals surface area (Å²) in [5, 5.41) is 19.7. The smallest absolute Gasteiger partial charge is 0.398 e. The molecule has 0 heterocycles. The van der Waals surface area contributed by atoms with Crippen LogP contribution in [0.3, 0.4) is 0 Å². The molecule has 0 radical (unpaired) electrons. The molecule has 1 aromatic carbocycles. The van der Waals surface area contributed by atoms with Crippen molar-refractivity contribution in [2.45, 2.75) is 18.0 Å². The van der Waals surface area contributed by atoms with Crippen LogP contribution >= 0.6 is 11.8 Å². The van der Waals surface area contributed by atoms with E-state index in [4.69, 9.17) is 0 Å². The first-order chi connectivity index (χ1) is 7.29. The summed E-state index contributed by atoms with van der Waals surface area (Å²) >= 11 is 0.569. The standard InChI is InChI=1S/C9H9F3NO2S/c1-6-2-3-7(13(14)15)4-8(6)16-5-9(10,11)12/h2-4,13H,5H2,1H3/q-1. The normalized spacial score (nSPS) is 12.2. The maximum Gasteiger partial charge on any atom is 0.398 e. The maximum absolute atomic E-state index is 12.0. The van der Waals surface area contributed by atoms with Crippen LogP contribution in [0.25, 0.3) is 0 Å². The number of thioether (sulfide) groups is 1. The predicted octanol–water partition coefficient (Wildman–Crippen LogP) is 2.16. The first-order valence-electron chi connectivity index (χ1n) is 4.31. The van der Waals surface area contributed by atoms with Crippen LogP contribution in [0.2, 0.25) is 0 Å². The van der Waals surface area contributed by atoms with E-state index in [1.807, 2.05) is 0 Å². The summed E-state index contributed by atoms with van der Waals surface area (Å²) in [5.74, 6) is -1.04. The van der Waals surface area contributed by atoms with E-state index in [2.05, 4.69) is 0 Å². The molecule has 0 atom stereocenters. The van der Waals surface area contributed by atoms with Crippen LogP contribution in [0, 0.1) is 17.3 Å². The van der Waals surface area contributed by atoms with Crippen molar-refractivity contribution >= 4 is 17.4 Å². The van der Waals surface area contributed by atoms with E-state index >= 15 is 0 Å². The fourth-order valence-electron chi connectivity index (χ4n) is 1.04. The lowest BCUT2D eigenvalue weighted by molar-refractivity contribution is -0.715. The summed E-state index contributed by atoms with van der Waals surface area (Å²) in [6.07, 6.45) is -4.27. The van der Waals surface area contributed by atoms with Gasteiger partial charge in [0, 0.05) is 11.0 Å². The number of hydrogen-bond acceptors (Lipinski definition) is 3. The van der Waals surface area contributed by atoms with Crippen LogP contribution in [0.5, 0.6) is 0 Å². The zero-order valence-corrected chi connectivity index (χ0v) is 9.11. The predicted molar refractivity (Wildman–Crippen MR) is 55.3 cm³/mol. The Hall–Kier alpha value is -0.760. The fraction of sp³-hybridized carbons (Fsp3) is 0.333. The molecule has 0 aromatic heterocycles. The van der Waals surface area contributed by atoms with Crippen molar-refractivity contribution in [1.29, 1.82) is 0 Å². The second-order valence-electron chi connectivity index (χ2n) is 3.17. The van der Waals surface area contributed by atoms with Crippen LogP contribution in [-0.2, 0) is 0 Å². The maximum atomic E-state index is 12.0. The van der Waals surface area contributed by atoms with Crippen LogP contribution in [0.15, 0.2) is 23.1 Å². The van der Waals surface area contributed by atoms with Gasteiger partial charge in [-0.05, 0) is 18.6 Å². The fourth-order valence-corrected chi connectivity index (χ4v) is 1.87. The SMILES string of the molecule is Cc1ccc([NH+]([O-])[O-])cc1SCC(F)(F)F. The topological polar surface area (TPSA) is 50.6 Å². The van der Waals surface area contributed by atoms with Gasteiger partial charge in [-0.3, -0.25) is 0 Å². The van der Waals surface area contributed by atoms with E-state index in [0.29, 0.717) is 22.2 Å². The van der Waals surface area contributed by atoms with Gasteiger partial charge in [-0.1, -0.05) is 6.07 Å². The largest absolute Gasteiger partial charge is 0.628 e. The van der Waals surface area contributed by atoms with Gasteiger partial charge < -0.3 is 15.6 Å². The Morgan fingerprint density at radius 3 is 2.44 bits per heavy atom. The van der Waals surface area contributed by atoms with E-state index in [0.717, 1.165) is 0 Å². The Balaban J connectivity index is 2.82. The van der Waals surface area contributed by atoms with Crippen LogP contribution in [-0.4, -0.2) is 11.9 Å². The molecule has 90 valence electrons. The van der Waals surface area contributed by atoms with Crippen molar-refractivity contribution in [3.8, 4) is 0 Å². The highest BCUT2D eigenvalue weighted by molar-refractivity contribution is 7.99. The van der Waals surface area contributed by atoms with Crippen LogP contribution < -0.4 is 5.23 Å². The Labute approximate surface area is 94.4 Å². The number of alkyl halides is 3. The molecule has 0 amide bonds. The highest BCUT2D eigenvalue weighted by Crippen LogP contribution is 2.30. The van der Waals surface area contributed by atoms with Crippen molar-refractivity contribution in [3.63, 3.8) is 0 Å². The molecule has 7 heteroatoms. The zero-order valence-electron chi connectivity index (χ0n) is 8.30.